The molecule has 0 spiro atoms. The predicted molar refractivity (Wildman–Crippen MR) is 65.0 cm³/mol. The van der Waals surface area contributed by atoms with Gasteiger partial charge in [0.2, 0.25) is 0 Å². The van der Waals surface area contributed by atoms with Crippen LogP contribution in [0.3, 0.4) is 0 Å². The Morgan fingerprint density at radius 2 is 2.13 bits per heavy atom. The summed E-state index contributed by atoms with van der Waals surface area (Å²) in [4.78, 5) is 2.42. The van der Waals surface area contributed by atoms with Crippen molar-refractivity contribution in [2.75, 3.05) is 26.2 Å². The highest BCUT2D eigenvalue weighted by Crippen LogP contribution is 2.04. The van der Waals surface area contributed by atoms with Crippen LogP contribution in [0, 0.1) is 0 Å². The molecule has 1 saturated heterocycles. The summed E-state index contributed by atoms with van der Waals surface area (Å²) in [6, 6.07) is 0. The predicted octanol–water partition coefficient (Wildman–Crippen LogP) is 2.62. The SMILES string of the molecule is CC(C)=C/C=C\C(C)OCCN1CCC1. The molecule has 0 saturated carbocycles. The average molecular weight is 209 g/mol. The summed E-state index contributed by atoms with van der Waals surface area (Å²) in [6.07, 6.45) is 7.86. The Morgan fingerprint density at radius 1 is 1.40 bits per heavy atom. The normalized spacial score (nSPS) is 18.9. The quantitative estimate of drug-likeness (QED) is 0.623. The fourth-order valence-corrected chi connectivity index (χ4v) is 1.43. The maximum atomic E-state index is 5.67. The van der Waals surface area contributed by atoms with Crippen molar-refractivity contribution in [3.63, 3.8) is 0 Å². The molecule has 0 aliphatic carbocycles. The first-order valence-corrected chi connectivity index (χ1v) is 5.84. The molecule has 0 aromatic carbocycles. The minimum Gasteiger partial charge on any atom is -0.373 e. The lowest BCUT2D eigenvalue weighted by atomic mass is 10.2. The van der Waals surface area contributed by atoms with Crippen molar-refractivity contribution in [1.82, 2.24) is 4.90 Å². The van der Waals surface area contributed by atoms with Crippen molar-refractivity contribution >= 4 is 0 Å². The van der Waals surface area contributed by atoms with Crippen molar-refractivity contribution in [3.05, 3.63) is 23.8 Å². The van der Waals surface area contributed by atoms with E-state index in [1.807, 2.05) is 0 Å². The van der Waals surface area contributed by atoms with Crippen LogP contribution in [0.15, 0.2) is 23.8 Å². The summed E-state index contributed by atoms with van der Waals surface area (Å²) in [7, 11) is 0. The maximum absolute atomic E-state index is 5.67. The van der Waals surface area contributed by atoms with E-state index in [2.05, 4.69) is 43.9 Å². The monoisotopic (exact) mass is 209 g/mol. The first-order valence-electron chi connectivity index (χ1n) is 5.84. The van der Waals surface area contributed by atoms with Gasteiger partial charge in [0.1, 0.15) is 0 Å². The molecule has 1 unspecified atom stereocenters. The van der Waals surface area contributed by atoms with Gasteiger partial charge in [-0.25, -0.2) is 0 Å². The first kappa shape index (κ1) is 12.5. The number of nitrogens with zero attached hydrogens (tertiary/aromatic N) is 1. The van der Waals surface area contributed by atoms with Crippen LogP contribution in [-0.2, 0) is 4.74 Å². The molecule has 0 aromatic heterocycles. The zero-order chi connectivity index (χ0) is 11.1. The van der Waals surface area contributed by atoms with E-state index in [-0.39, 0.29) is 6.10 Å². The van der Waals surface area contributed by atoms with Crippen LogP contribution in [0.2, 0.25) is 0 Å². The summed E-state index contributed by atoms with van der Waals surface area (Å²) < 4.78 is 5.67. The zero-order valence-corrected chi connectivity index (χ0v) is 10.2. The molecular formula is C13H23NO. The summed E-state index contributed by atoms with van der Waals surface area (Å²) in [5.41, 5.74) is 1.32. The largest absolute Gasteiger partial charge is 0.373 e. The second-order valence-corrected chi connectivity index (χ2v) is 4.40. The minimum atomic E-state index is 0.224. The third-order valence-electron chi connectivity index (χ3n) is 2.55. The van der Waals surface area contributed by atoms with Gasteiger partial charge < -0.3 is 9.64 Å². The molecule has 1 atom stereocenters. The summed E-state index contributed by atoms with van der Waals surface area (Å²) in [5, 5.41) is 0. The zero-order valence-electron chi connectivity index (χ0n) is 10.2. The summed E-state index contributed by atoms with van der Waals surface area (Å²) in [5.74, 6) is 0. The molecule has 0 bridgehead atoms. The van der Waals surface area contributed by atoms with Gasteiger partial charge in [-0.3, -0.25) is 0 Å². The Balaban J connectivity index is 2.04. The third kappa shape index (κ3) is 5.75. The molecule has 1 aliphatic rings. The van der Waals surface area contributed by atoms with Crippen LogP contribution in [0.25, 0.3) is 0 Å². The van der Waals surface area contributed by atoms with E-state index in [0.717, 1.165) is 13.2 Å². The topological polar surface area (TPSA) is 12.5 Å². The number of allylic oxidation sites excluding steroid dienone is 3. The van der Waals surface area contributed by atoms with E-state index in [4.69, 9.17) is 4.74 Å². The number of rotatable bonds is 6. The van der Waals surface area contributed by atoms with E-state index >= 15 is 0 Å². The first-order chi connectivity index (χ1) is 7.18. The fourth-order valence-electron chi connectivity index (χ4n) is 1.43. The Kier molecular flexibility index (Phi) is 5.66. The molecule has 0 N–H and O–H groups in total. The van der Waals surface area contributed by atoms with E-state index in [1.54, 1.807) is 0 Å². The van der Waals surface area contributed by atoms with Crippen molar-refractivity contribution in [2.45, 2.75) is 33.3 Å². The van der Waals surface area contributed by atoms with Crippen LogP contribution < -0.4 is 0 Å². The highest BCUT2D eigenvalue weighted by molar-refractivity contribution is 5.09. The molecule has 1 aliphatic heterocycles. The molecule has 1 rings (SSSR count). The van der Waals surface area contributed by atoms with Gasteiger partial charge in [0.15, 0.2) is 0 Å². The third-order valence-corrected chi connectivity index (χ3v) is 2.55. The standard InChI is InChI=1S/C13H23NO/c1-12(2)6-4-7-13(3)15-11-10-14-8-5-9-14/h4,6-7,13H,5,8-11H2,1-3H3/b7-4-. The molecule has 86 valence electrons. The van der Waals surface area contributed by atoms with Gasteiger partial charge in [0.25, 0.3) is 0 Å². The van der Waals surface area contributed by atoms with E-state index in [0.29, 0.717) is 0 Å². The van der Waals surface area contributed by atoms with Crippen LogP contribution in [0.5, 0.6) is 0 Å². The maximum Gasteiger partial charge on any atom is 0.0731 e. The molecule has 0 radical (unpaired) electrons. The van der Waals surface area contributed by atoms with Crippen molar-refractivity contribution < 1.29 is 4.74 Å². The smallest absolute Gasteiger partial charge is 0.0731 e. The van der Waals surface area contributed by atoms with Gasteiger partial charge in [-0.2, -0.15) is 0 Å². The molecular weight excluding hydrogens is 186 g/mol. The summed E-state index contributed by atoms with van der Waals surface area (Å²) >= 11 is 0. The average Bonchev–Trinajstić information content (AvgIpc) is 2.08. The lowest BCUT2D eigenvalue weighted by Gasteiger charge is -2.30. The van der Waals surface area contributed by atoms with Gasteiger partial charge in [0, 0.05) is 6.54 Å². The van der Waals surface area contributed by atoms with E-state index in [9.17, 15) is 0 Å². The summed E-state index contributed by atoms with van der Waals surface area (Å²) in [6.45, 7) is 10.7. The van der Waals surface area contributed by atoms with Gasteiger partial charge in [-0.1, -0.05) is 23.8 Å². The van der Waals surface area contributed by atoms with Gasteiger partial charge in [-0.05, 0) is 40.3 Å². The van der Waals surface area contributed by atoms with Crippen LogP contribution >= 0.6 is 0 Å². The number of ether oxygens (including phenoxy) is 1. The number of likely N-dealkylation sites (tertiary alicyclic amines) is 1. The van der Waals surface area contributed by atoms with Crippen LogP contribution in [0.4, 0.5) is 0 Å². The molecule has 15 heavy (non-hydrogen) atoms. The van der Waals surface area contributed by atoms with Crippen LogP contribution in [-0.4, -0.2) is 37.2 Å². The number of hydrogen-bond acceptors (Lipinski definition) is 2. The molecule has 0 amide bonds. The molecule has 0 aromatic rings. The Bertz CT molecular complexity index is 225. The molecule has 1 fully saturated rings. The highest BCUT2D eigenvalue weighted by Gasteiger charge is 2.12. The lowest BCUT2D eigenvalue weighted by Crippen LogP contribution is -2.39. The Labute approximate surface area is 93.6 Å². The van der Waals surface area contributed by atoms with E-state index < -0.39 is 0 Å². The van der Waals surface area contributed by atoms with Crippen molar-refractivity contribution in [1.29, 1.82) is 0 Å². The molecule has 2 heteroatoms. The van der Waals surface area contributed by atoms with Crippen molar-refractivity contribution in [2.24, 2.45) is 0 Å². The number of hydrogen-bond donors (Lipinski definition) is 0. The lowest BCUT2D eigenvalue weighted by molar-refractivity contribution is 0.0578. The van der Waals surface area contributed by atoms with Gasteiger partial charge in [0.05, 0.1) is 12.7 Å². The van der Waals surface area contributed by atoms with Gasteiger partial charge >= 0.3 is 0 Å². The second kappa shape index (κ2) is 6.81. The minimum absolute atomic E-state index is 0.224. The van der Waals surface area contributed by atoms with Crippen LogP contribution in [0.1, 0.15) is 27.2 Å². The Hall–Kier alpha value is -0.600. The Morgan fingerprint density at radius 3 is 2.67 bits per heavy atom. The fraction of sp³-hybridized carbons (Fsp3) is 0.692. The second-order valence-electron chi connectivity index (χ2n) is 4.40. The van der Waals surface area contributed by atoms with Crippen molar-refractivity contribution in [3.8, 4) is 0 Å². The van der Waals surface area contributed by atoms with E-state index in [1.165, 1.54) is 25.1 Å². The molecule has 2 nitrogen and oxygen atoms in total. The van der Waals surface area contributed by atoms with Gasteiger partial charge in [-0.15, -0.1) is 0 Å². The molecule has 1 heterocycles. The highest BCUT2D eigenvalue weighted by atomic mass is 16.5.